The van der Waals surface area contributed by atoms with Crippen LogP contribution in [-0.4, -0.2) is 10.2 Å². The molecule has 0 unspecified atom stereocenters. The summed E-state index contributed by atoms with van der Waals surface area (Å²) in [5.41, 5.74) is 1.86. The zero-order valence-electron chi connectivity index (χ0n) is 18.0. The van der Waals surface area contributed by atoms with Crippen LogP contribution in [0.25, 0.3) is 0 Å². The Morgan fingerprint density at radius 2 is 1.00 bits per heavy atom. The predicted molar refractivity (Wildman–Crippen MR) is 153 cm³/mol. The number of rotatable bonds is 2. The summed E-state index contributed by atoms with van der Waals surface area (Å²) in [5, 5.41) is 4.33. The molecule has 0 aliphatic carbocycles. The van der Waals surface area contributed by atoms with Crippen LogP contribution in [0.4, 0.5) is 0 Å². The molecule has 0 bridgehead atoms. The second-order valence-electron chi connectivity index (χ2n) is 6.71. The lowest BCUT2D eigenvalue weighted by atomic mass is 10.2. The van der Waals surface area contributed by atoms with Gasteiger partial charge in [-0.15, -0.1) is 0 Å². The van der Waals surface area contributed by atoms with Crippen molar-refractivity contribution in [2.75, 3.05) is 0 Å². The van der Waals surface area contributed by atoms with E-state index in [1.807, 2.05) is 48.5 Å². The fourth-order valence-corrected chi connectivity index (χ4v) is 8.29. The highest BCUT2D eigenvalue weighted by molar-refractivity contribution is 8.33. The molecule has 0 spiro atoms. The van der Waals surface area contributed by atoms with Crippen LogP contribution in [0, 0.1) is 23.7 Å². The van der Waals surface area contributed by atoms with Crippen LogP contribution in [0.1, 0.15) is 25.0 Å². The average Bonchev–Trinajstić information content (AvgIpc) is 3.47. The number of allylic oxidation sites excluding steroid dienone is 2. The van der Waals surface area contributed by atoms with E-state index in [0.717, 1.165) is 30.7 Å². The van der Waals surface area contributed by atoms with Crippen molar-refractivity contribution in [3.8, 4) is 23.7 Å². The molecule has 0 atom stereocenters. The zero-order valence-corrected chi connectivity index (χ0v) is 22.9. The Labute approximate surface area is 225 Å². The highest BCUT2D eigenvalue weighted by atomic mass is 32.2. The van der Waals surface area contributed by atoms with E-state index >= 15 is 0 Å². The van der Waals surface area contributed by atoms with Gasteiger partial charge in [-0.2, -0.15) is 0 Å². The van der Waals surface area contributed by atoms with Crippen LogP contribution in [0.15, 0.2) is 87.4 Å². The van der Waals surface area contributed by atoms with Gasteiger partial charge in [-0.1, -0.05) is 94.3 Å². The average molecular weight is 553 g/mol. The Balaban J connectivity index is 1.32. The van der Waals surface area contributed by atoms with Gasteiger partial charge < -0.3 is 0 Å². The van der Waals surface area contributed by atoms with Crippen molar-refractivity contribution < 1.29 is 9.59 Å². The summed E-state index contributed by atoms with van der Waals surface area (Å²) in [6.07, 6.45) is 0. The lowest BCUT2D eigenvalue weighted by Gasteiger charge is -2.00. The fraction of sp³-hybridized carbons (Fsp3) is 0.0769. The Morgan fingerprint density at radius 3 is 1.35 bits per heavy atom. The van der Waals surface area contributed by atoms with Gasteiger partial charge in [-0.25, -0.2) is 0 Å². The molecule has 0 saturated carbocycles. The molecule has 168 valence electrons. The maximum Gasteiger partial charge on any atom is 0.190 e. The molecule has 0 saturated heterocycles. The lowest BCUT2D eigenvalue weighted by molar-refractivity contribution is -0.109. The van der Waals surface area contributed by atoms with Crippen LogP contribution in [-0.2, 0) is 9.59 Å². The minimum atomic E-state index is 0.0780. The standard InChI is InChI=1S/C26H16O2S6/c1-17(27)31-21-9-3-19(4-10-21)7-13-23-15-29-25(33-23)26-30-16-24(34-26)14-8-20-5-11-22(12-6-20)32-18(2)28/h3-6,9-12,15-16H,1-2H3/b26-25-. The summed E-state index contributed by atoms with van der Waals surface area (Å²) in [6.45, 7) is 3.13. The molecule has 8 heteroatoms. The SMILES string of the molecule is CC(=O)Sc1ccc(C#CC2=CS/C(=C3\SC=C(C#Cc4ccc(SC(C)=O)cc4)S3)S2)cc1. The van der Waals surface area contributed by atoms with Crippen molar-refractivity contribution in [2.45, 2.75) is 23.6 Å². The van der Waals surface area contributed by atoms with Crippen LogP contribution < -0.4 is 0 Å². The quantitative estimate of drug-likeness (QED) is 0.273. The van der Waals surface area contributed by atoms with Crippen molar-refractivity contribution in [1.29, 1.82) is 0 Å². The number of hydrogen-bond acceptors (Lipinski definition) is 8. The molecule has 0 amide bonds. The Kier molecular flexibility index (Phi) is 9.13. The number of carbonyl (C=O) groups is 2. The first-order valence-corrected chi connectivity index (χ1v) is 14.9. The molecule has 34 heavy (non-hydrogen) atoms. The molecule has 2 heterocycles. The van der Waals surface area contributed by atoms with Gasteiger partial charge in [-0.3, -0.25) is 9.59 Å². The van der Waals surface area contributed by atoms with E-state index in [9.17, 15) is 9.59 Å². The molecule has 2 nitrogen and oxygen atoms in total. The van der Waals surface area contributed by atoms with Crippen molar-refractivity contribution >= 4 is 80.8 Å². The van der Waals surface area contributed by atoms with Gasteiger partial charge >= 0.3 is 0 Å². The van der Waals surface area contributed by atoms with Gasteiger partial charge in [0.1, 0.15) is 0 Å². The zero-order chi connectivity index (χ0) is 23.9. The van der Waals surface area contributed by atoms with Crippen molar-refractivity contribution in [3.63, 3.8) is 0 Å². The van der Waals surface area contributed by atoms with Gasteiger partial charge in [0.15, 0.2) is 10.2 Å². The van der Waals surface area contributed by atoms with E-state index in [0.29, 0.717) is 0 Å². The lowest BCUT2D eigenvalue weighted by Crippen LogP contribution is -1.81. The van der Waals surface area contributed by atoms with Gasteiger partial charge in [0.2, 0.25) is 0 Å². The van der Waals surface area contributed by atoms with Crippen LogP contribution in [0.5, 0.6) is 0 Å². The largest absolute Gasteiger partial charge is 0.287 e. The molecule has 2 aliphatic heterocycles. The number of carbonyl (C=O) groups excluding carboxylic acids is 2. The molecule has 4 rings (SSSR count). The highest BCUT2D eigenvalue weighted by Gasteiger charge is 2.20. The summed E-state index contributed by atoms with van der Waals surface area (Å²) in [5.74, 6) is 12.9. The molecule has 0 radical (unpaired) electrons. The molecule has 2 aromatic rings. The molecule has 0 fully saturated rings. The first kappa shape index (κ1) is 25.3. The van der Waals surface area contributed by atoms with Gasteiger partial charge in [0, 0.05) is 34.8 Å². The Bertz CT molecular complexity index is 1240. The maximum atomic E-state index is 11.2. The Hall–Kier alpha value is -1.78. The van der Waals surface area contributed by atoms with Gasteiger partial charge in [-0.05, 0) is 59.3 Å². The van der Waals surface area contributed by atoms with E-state index in [1.165, 1.54) is 32.0 Å². The van der Waals surface area contributed by atoms with E-state index in [1.54, 1.807) is 60.9 Å². The second-order valence-corrected chi connectivity index (χ2v) is 13.6. The van der Waals surface area contributed by atoms with E-state index in [-0.39, 0.29) is 10.2 Å². The predicted octanol–water partition coefficient (Wildman–Crippen LogP) is 8.14. The number of hydrogen-bond donors (Lipinski definition) is 0. The fourth-order valence-electron chi connectivity index (χ4n) is 2.61. The summed E-state index contributed by atoms with van der Waals surface area (Å²) in [7, 11) is 0. The summed E-state index contributed by atoms with van der Waals surface area (Å²) in [4.78, 5) is 26.3. The molecule has 0 N–H and O–H groups in total. The van der Waals surface area contributed by atoms with Crippen molar-refractivity contribution in [1.82, 2.24) is 0 Å². The maximum absolute atomic E-state index is 11.2. The van der Waals surface area contributed by atoms with E-state index < -0.39 is 0 Å². The van der Waals surface area contributed by atoms with Crippen molar-refractivity contribution in [3.05, 3.63) is 88.8 Å². The summed E-state index contributed by atoms with van der Waals surface area (Å²) < 4.78 is 2.46. The van der Waals surface area contributed by atoms with Gasteiger partial charge in [0.25, 0.3) is 0 Å². The van der Waals surface area contributed by atoms with Gasteiger partial charge in [0.05, 0.1) is 18.3 Å². The minimum Gasteiger partial charge on any atom is -0.287 e. The third-order valence-electron chi connectivity index (χ3n) is 4.01. The summed E-state index contributed by atoms with van der Waals surface area (Å²) >= 11 is 9.23. The molecule has 0 aromatic heterocycles. The third-order valence-corrected chi connectivity index (χ3v) is 10.7. The monoisotopic (exact) mass is 552 g/mol. The smallest absolute Gasteiger partial charge is 0.190 e. The third kappa shape index (κ3) is 7.61. The Morgan fingerprint density at radius 1 is 0.618 bits per heavy atom. The van der Waals surface area contributed by atoms with Crippen molar-refractivity contribution in [2.24, 2.45) is 0 Å². The topological polar surface area (TPSA) is 34.1 Å². The van der Waals surface area contributed by atoms with Crippen LogP contribution >= 0.6 is 70.6 Å². The van der Waals surface area contributed by atoms with E-state index in [4.69, 9.17) is 0 Å². The molecular formula is C26H16O2S6. The van der Waals surface area contributed by atoms with Crippen LogP contribution in [0.2, 0.25) is 0 Å². The second kappa shape index (κ2) is 12.3. The number of thioether (sulfide) groups is 6. The van der Waals surface area contributed by atoms with E-state index in [2.05, 4.69) is 34.5 Å². The first-order valence-electron chi connectivity index (χ1n) is 9.89. The first-order chi connectivity index (χ1) is 16.4. The minimum absolute atomic E-state index is 0.0780. The molecule has 2 aromatic carbocycles. The summed E-state index contributed by atoms with van der Waals surface area (Å²) in [6, 6.07) is 15.5. The van der Waals surface area contributed by atoms with Crippen LogP contribution in [0.3, 0.4) is 0 Å². The number of benzene rings is 2. The highest BCUT2D eigenvalue weighted by Crippen LogP contribution is 2.55. The molecular weight excluding hydrogens is 537 g/mol. The normalized spacial score (nSPS) is 16.6. The molecule has 2 aliphatic rings.